The van der Waals surface area contributed by atoms with Crippen molar-refractivity contribution in [3.8, 4) is 23.7 Å². The van der Waals surface area contributed by atoms with Gasteiger partial charge in [-0.3, -0.25) is 9.59 Å². The van der Waals surface area contributed by atoms with Crippen LogP contribution in [-0.4, -0.2) is 38.1 Å². The summed E-state index contributed by atoms with van der Waals surface area (Å²) < 4.78 is 5.30. The van der Waals surface area contributed by atoms with Crippen LogP contribution < -0.4 is 10.6 Å². The third-order valence-electron chi connectivity index (χ3n) is 3.09. The second-order valence-electron chi connectivity index (χ2n) is 11.9. The van der Waals surface area contributed by atoms with Crippen molar-refractivity contribution < 1.29 is 14.3 Å². The molecular weight excluding hydrogens is 388 g/mol. The normalized spacial score (nSPS) is 11.6. The Hall–Kier alpha value is -1.98. The minimum atomic E-state index is -0.330. The summed E-state index contributed by atoms with van der Waals surface area (Å²) in [5, 5.41) is 5.49. The molecule has 0 aliphatic carbocycles. The zero-order chi connectivity index (χ0) is 24.9. The molecule has 0 saturated heterocycles. The zero-order valence-electron chi connectivity index (χ0n) is 22.1. The van der Waals surface area contributed by atoms with Gasteiger partial charge in [0.15, 0.2) is 0 Å². The average molecular weight is 435 g/mol. The molecule has 0 fully saturated rings. The summed E-state index contributed by atoms with van der Waals surface area (Å²) in [5.41, 5.74) is -0.254. The summed E-state index contributed by atoms with van der Waals surface area (Å²) >= 11 is 0. The highest BCUT2D eigenvalue weighted by atomic mass is 16.5. The fourth-order valence-corrected chi connectivity index (χ4v) is 1.65. The summed E-state index contributed by atoms with van der Waals surface area (Å²) in [6, 6.07) is 0. The quantitative estimate of drug-likeness (QED) is 0.630. The lowest BCUT2D eigenvalue weighted by molar-refractivity contribution is -0.128. The lowest BCUT2D eigenvalue weighted by Crippen LogP contribution is -2.34. The monoisotopic (exact) mass is 434 g/mol. The molecule has 0 unspecified atom stereocenters. The molecular formula is C26H46N2O3. The average Bonchev–Trinajstić information content (AvgIpc) is 2.52. The first-order valence-corrected chi connectivity index (χ1v) is 10.9. The molecule has 178 valence electrons. The van der Waals surface area contributed by atoms with Crippen molar-refractivity contribution in [1.82, 2.24) is 10.6 Å². The minimum Gasteiger partial charge on any atom is -0.371 e. The molecule has 0 aliphatic rings. The Morgan fingerprint density at radius 2 is 1.13 bits per heavy atom. The fourth-order valence-electron chi connectivity index (χ4n) is 1.65. The molecule has 0 aromatic heterocycles. The Morgan fingerprint density at radius 3 is 1.48 bits per heavy atom. The van der Waals surface area contributed by atoms with E-state index in [2.05, 4.69) is 55.1 Å². The SMILES string of the molecule is CC(C)(C)C#CCNC(=O)C(C)(C)C.CC(C)(C)C#CCNC(=O)COCC(C)(C)C. The summed E-state index contributed by atoms with van der Waals surface area (Å²) in [4.78, 5) is 22.8. The summed E-state index contributed by atoms with van der Waals surface area (Å²) in [7, 11) is 0. The van der Waals surface area contributed by atoms with Crippen molar-refractivity contribution in [3.05, 3.63) is 0 Å². The number of hydrogen-bond donors (Lipinski definition) is 2. The second kappa shape index (κ2) is 13.4. The number of carbonyl (C=O) groups is 2. The van der Waals surface area contributed by atoms with Crippen LogP contribution in [0, 0.1) is 45.3 Å². The predicted molar refractivity (Wildman–Crippen MR) is 130 cm³/mol. The number of amides is 2. The number of carbonyl (C=O) groups excluding carboxylic acids is 2. The maximum Gasteiger partial charge on any atom is 0.246 e. The molecule has 0 radical (unpaired) electrons. The largest absolute Gasteiger partial charge is 0.371 e. The van der Waals surface area contributed by atoms with Crippen molar-refractivity contribution in [2.75, 3.05) is 26.3 Å². The molecule has 5 heteroatoms. The van der Waals surface area contributed by atoms with Gasteiger partial charge in [-0.1, -0.05) is 65.2 Å². The Morgan fingerprint density at radius 1 is 0.710 bits per heavy atom. The van der Waals surface area contributed by atoms with Crippen molar-refractivity contribution in [3.63, 3.8) is 0 Å². The molecule has 0 aliphatic heterocycles. The first kappa shape index (κ1) is 31.2. The topological polar surface area (TPSA) is 67.4 Å². The number of nitrogens with one attached hydrogen (secondary N) is 2. The van der Waals surface area contributed by atoms with E-state index in [1.54, 1.807) is 0 Å². The van der Waals surface area contributed by atoms with E-state index in [1.807, 2.05) is 62.3 Å². The Balaban J connectivity index is 0. The molecule has 0 bridgehead atoms. The summed E-state index contributed by atoms with van der Waals surface area (Å²) in [5.74, 6) is 11.9. The van der Waals surface area contributed by atoms with E-state index in [0.717, 1.165) is 0 Å². The van der Waals surface area contributed by atoms with Crippen LogP contribution in [0.4, 0.5) is 0 Å². The van der Waals surface area contributed by atoms with E-state index in [9.17, 15) is 9.59 Å². The smallest absolute Gasteiger partial charge is 0.246 e. The zero-order valence-corrected chi connectivity index (χ0v) is 22.1. The summed E-state index contributed by atoms with van der Waals surface area (Å²) in [6.07, 6.45) is 0. The lowest BCUT2D eigenvalue weighted by Gasteiger charge is -2.17. The number of hydrogen-bond acceptors (Lipinski definition) is 3. The van der Waals surface area contributed by atoms with Crippen molar-refractivity contribution in [2.24, 2.45) is 21.7 Å². The summed E-state index contributed by atoms with van der Waals surface area (Å²) in [6.45, 7) is 25.6. The van der Waals surface area contributed by atoms with Crippen LogP contribution in [0.25, 0.3) is 0 Å². The van der Waals surface area contributed by atoms with Gasteiger partial charge in [0.1, 0.15) is 6.61 Å². The van der Waals surface area contributed by atoms with Crippen LogP contribution in [-0.2, 0) is 14.3 Å². The molecule has 0 rings (SSSR count). The van der Waals surface area contributed by atoms with Crippen LogP contribution in [0.2, 0.25) is 0 Å². The standard InChI is InChI=1S/C14H25NO2.C12H21NO/c1-13(2,3)8-7-9-15-12(16)10-17-11-14(4,5)6;1-11(2,3)8-7-9-13-10(14)12(4,5)6/h9-11H2,1-6H3,(H,15,16);9H2,1-6H3,(H,13,14). The van der Waals surface area contributed by atoms with E-state index < -0.39 is 0 Å². The van der Waals surface area contributed by atoms with Crippen LogP contribution in [0.15, 0.2) is 0 Å². The molecule has 5 nitrogen and oxygen atoms in total. The maximum atomic E-state index is 11.4. The van der Waals surface area contributed by atoms with Gasteiger partial charge in [-0.2, -0.15) is 0 Å². The maximum absolute atomic E-state index is 11.4. The first-order valence-electron chi connectivity index (χ1n) is 10.9. The van der Waals surface area contributed by atoms with Crippen LogP contribution in [0.1, 0.15) is 83.1 Å². The van der Waals surface area contributed by atoms with Crippen molar-refractivity contribution in [2.45, 2.75) is 83.1 Å². The predicted octanol–water partition coefficient (Wildman–Crippen LogP) is 4.41. The van der Waals surface area contributed by atoms with Crippen molar-refractivity contribution in [1.29, 1.82) is 0 Å². The van der Waals surface area contributed by atoms with Gasteiger partial charge in [0.25, 0.3) is 0 Å². The van der Waals surface area contributed by atoms with Crippen LogP contribution >= 0.6 is 0 Å². The van der Waals surface area contributed by atoms with Crippen LogP contribution in [0.5, 0.6) is 0 Å². The van der Waals surface area contributed by atoms with Gasteiger partial charge in [-0.05, 0) is 47.0 Å². The number of rotatable bonds is 5. The third kappa shape index (κ3) is 26.0. The Labute approximate surface area is 191 Å². The van der Waals surface area contributed by atoms with E-state index in [4.69, 9.17) is 4.74 Å². The van der Waals surface area contributed by atoms with E-state index in [-0.39, 0.29) is 40.1 Å². The van der Waals surface area contributed by atoms with Gasteiger partial charge in [-0.25, -0.2) is 0 Å². The highest BCUT2D eigenvalue weighted by Crippen LogP contribution is 2.13. The molecule has 2 N–H and O–H groups in total. The lowest BCUT2D eigenvalue weighted by atomic mass is 9.95. The minimum absolute atomic E-state index is 0.00641. The van der Waals surface area contributed by atoms with Gasteiger partial charge in [0.05, 0.1) is 19.7 Å². The molecule has 0 aromatic rings. The highest BCUT2D eigenvalue weighted by molar-refractivity contribution is 5.81. The van der Waals surface area contributed by atoms with Crippen LogP contribution in [0.3, 0.4) is 0 Å². The molecule has 0 aromatic carbocycles. The molecule has 2 amide bonds. The second-order valence-corrected chi connectivity index (χ2v) is 11.9. The van der Waals surface area contributed by atoms with Gasteiger partial charge < -0.3 is 15.4 Å². The van der Waals surface area contributed by atoms with E-state index in [1.165, 1.54) is 0 Å². The van der Waals surface area contributed by atoms with E-state index in [0.29, 0.717) is 19.7 Å². The Kier molecular flexibility index (Phi) is 13.5. The third-order valence-corrected chi connectivity index (χ3v) is 3.09. The van der Waals surface area contributed by atoms with Gasteiger partial charge in [-0.15, -0.1) is 0 Å². The molecule has 31 heavy (non-hydrogen) atoms. The fraction of sp³-hybridized carbons (Fsp3) is 0.769. The van der Waals surface area contributed by atoms with Gasteiger partial charge >= 0.3 is 0 Å². The first-order chi connectivity index (χ1) is 13.7. The Bertz CT molecular complexity index is 674. The number of ether oxygens (including phenoxy) is 1. The molecule has 0 atom stereocenters. The van der Waals surface area contributed by atoms with Crippen molar-refractivity contribution >= 4 is 11.8 Å². The van der Waals surface area contributed by atoms with E-state index >= 15 is 0 Å². The molecule has 0 heterocycles. The van der Waals surface area contributed by atoms with Gasteiger partial charge in [0.2, 0.25) is 11.8 Å². The molecule has 0 spiro atoms. The van der Waals surface area contributed by atoms with Gasteiger partial charge in [0, 0.05) is 16.2 Å². The highest BCUT2D eigenvalue weighted by Gasteiger charge is 2.19. The molecule has 0 saturated carbocycles.